The van der Waals surface area contributed by atoms with E-state index in [9.17, 15) is 18.4 Å². The standard InChI is InChI=1S/C16H21F2NO4/c1-5-16(3,4)14(20)19(23-15(21)22-6-2)10-11-7-12(17)9-13(18)8-11/h7-9H,5-6,10H2,1-4H3/i1D,5D. The minimum Gasteiger partial charge on any atom is -0.433 e. The average Bonchev–Trinajstić information content (AvgIpc) is 2.51. The molecule has 1 atom stereocenters. The molecule has 0 saturated heterocycles. The van der Waals surface area contributed by atoms with Crippen molar-refractivity contribution in [2.45, 2.75) is 40.6 Å². The predicted octanol–water partition coefficient (Wildman–Crippen LogP) is 3.82. The summed E-state index contributed by atoms with van der Waals surface area (Å²) in [6.07, 6.45) is -2.24. The Kier molecular flexibility index (Phi) is 5.39. The third-order valence-corrected chi connectivity index (χ3v) is 2.98. The van der Waals surface area contributed by atoms with E-state index in [0.29, 0.717) is 11.1 Å². The fourth-order valence-corrected chi connectivity index (χ4v) is 1.66. The van der Waals surface area contributed by atoms with Gasteiger partial charge >= 0.3 is 6.16 Å². The van der Waals surface area contributed by atoms with Crippen molar-refractivity contribution in [3.05, 3.63) is 35.4 Å². The van der Waals surface area contributed by atoms with E-state index in [1.807, 2.05) is 0 Å². The molecule has 1 rings (SSSR count). The van der Waals surface area contributed by atoms with Crippen LogP contribution in [0.2, 0.25) is 0 Å². The molecular weight excluding hydrogens is 308 g/mol. The number of hydrogen-bond acceptors (Lipinski definition) is 4. The highest BCUT2D eigenvalue weighted by Gasteiger charge is 2.33. The van der Waals surface area contributed by atoms with Crippen molar-refractivity contribution in [3.63, 3.8) is 0 Å². The van der Waals surface area contributed by atoms with Crippen LogP contribution in [0.25, 0.3) is 0 Å². The van der Waals surface area contributed by atoms with Gasteiger partial charge in [0.25, 0.3) is 5.91 Å². The molecule has 5 nitrogen and oxygen atoms in total. The number of hydroxylamine groups is 2. The SMILES string of the molecule is [2H]CC([2H])C(C)(C)C(=O)N(Cc1cc(F)cc(F)c1)OC(=O)OCC. The number of benzene rings is 1. The smallest absolute Gasteiger partial charge is 0.433 e. The zero-order chi connectivity index (χ0) is 19.2. The van der Waals surface area contributed by atoms with Gasteiger partial charge in [-0.1, -0.05) is 20.7 Å². The molecule has 0 aliphatic rings. The Bertz CT molecular complexity index is 608. The molecule has 0 saturated carbocycles. The van der Waals surface area contributed by atoms with Gasteiger partial charge in [0.1, 0.15) is 11.6 Å². The maximum atomic E-state index is 13.3. The highest BCUT2D eigenvalue weighted by molar-refractivity contribution is 5.82. The molecule has 23 heavy (non-hydrogen) atoms. The van der Waals surface area contributed by atoms with Crippen molar-refractivity contribution >= 4 is 12.1 Å². The van der Waals surface area contributed by atoms with Gasteiger partial charge in [-0.15, -0.1) is 0 Å². The molecule has 1 amide bonds. The Hall–Kier alpha value is -2.18. The highest BCUT2D eigenvalue weighted by Crippen LogP contribution is 2.25. The van der Waals surface area contributed by atoms with E-state index < -0.39 is 42.1 Å². The van der Waals surface area contributed by atoms with Gasteiger partial charge in [-0.3, -0.25) is 4.79 Å². The summed E-state index contributed by atoms with van der Waals surface area (Å²) in [5.41, 5.74) is -1.31. The second-order valence-corrected chi connectivity index (χ2v) is 5.32. The second kappa shape index (κ2) is 7.89. The van der Waals surface area contributed by atoms with Crippen LogP contribution in [0.5, 0.6) is 0 Å². The quantitative estimate of drug-likeness (QED) is 0.608. The number of hydrogen-bond donors (Lipinski definition) is 0. The average molecular weight is 331 g/mol. The van der Waals surface area contributed by atoms with Crippen molar-refractivity contribution in [1.82, 2.24) is 5.06 Å². The molecule has 1 aromatic carbocycles. The summed E-state index contributed by atoms with van der Waals surface area (Å²) in [5, 5.41) is 0.601. The maximum Gasteiger partial charge on any atom is 0.533 e. The maximum absolute atomic E-state index is 13.3. The summed E-state index contributed by atoms with van der Waals surface area (Å²) in [4.78, 5) is 29.1. The first-order valence-electron chi connectivity index (χ1n) is 8.23. The number of amides is 1. The van der Waals surface area contributed by atoms with E-state index in [-0.39, 0.29) is 19.1 Å². The molecule has 1 unspecified atom stereocenters. The Labute approximate surface area is 136 Å². The topological polar surface area (TPSA) is 55.8 Å². The highest BCUT2D eigenvalue weighted by atomic mass is 19.1. The number of carbonyl (C=O) groups is 2. The number of halogens is 2. The number of nitrogens with zero attached hydrogens (tertiary/aromatic N) is 1. The Morgan fingerprint density at radius 3 is 2.43 bits per heavy atom. The van der Waals surface area contributed by atoms with Gasteiger partial charge in [0, 0.05) is 14.2 Å². The summed E-state index contributed by atoms with van der Waals surface area (Å²) < 4.78 is 46.4. The number of rotatable bonds is 5. The molecule has 7 heteroatoms. The van der Waals surface area contributed by atoms with Crippen molar-refractivity contribution in [1.29, 1.82) is 0 Å². The van der Waals surface area contributed by atoms with Gasteiger partial charge in [-0.25, -0.2) is 13.6 Å². The van der Waals surface area contributed by atoms with Gasteiger partial charge in [0.15, 0.2) is 0 Å². The zero-order valence-electron chi connectivity index (χ0n) is 15.3. The minimum atomic E-state index is -1.36. The molecule has 0 fully saturated rings. The van der Waals surface area contributed by atoms with Crippen LogP contribution in [-0.2, 0) is 20.9 Å². The number of ether oxygens (including phenoxy) is 1. The lowest BCUT2D eigenvalue weighted by atomic mass is 9.89. The lowest BCUT2D eigenvalue weighted by molar-refractivity contribution is -0.185. The van der Waals surface area contributed by atoms with Crippen LogP contribution in [0.4, 0.5) is 13.6 Å². The van der Waals surface area contributed by atoms with E-state index >= 15 is 0 Å². The first-order valence-corrected chi connectivity index (χ1v) is 6.95. The minimum absolute atomic E-state index is 0.00659. The Morgan fingerprint density at radius 1 is 1.30 bits per heavy atom. The Morgan fingerprint density at radius 2 is 1.91 bits per heavy atom. The van der Waals surface area contributed by atoms with E-state index in [0.717, 1.165) is 12.1 Å². The van der Waals surface area contributed by atoms with Crippen molar-refractivity contribution in [3.8, 4) is 0 Å². The summed E-state index contributed by atoms with van der Waals surface area (Å²) >= 11 is 0. The van der Waals surface area contributed by atoms with Crippen molar-refractivity contribution in [2.24, 2.45) is 5.41 Å². The van der Waals surface area contributed by atoms with Crippen LogP contribution < -0.4 is 0 Å². The first kappa shape index (κ1) is 15.7. The lowest BCUT2D eigenvalue weighted by Crippen LogP contribution is -2.41. The fraction of sp³-hybridized carbons (Fsp3) is 0.500. The third kappa shape index (κ3) is 5.50. The molecular formula is C16H21F2NO4. The van der Waals surface area contributed by atoms with E-state index in [2.05, 4.69) is 4.74 Å². The summed E-state index contributed by atoms with van der Waals surface area (Å²) in [7, 11) is 0. The third-order valence-electron chi connectivity index (χ3n) is 2.98. The normalized spacial score (nSPS) is 13.6. The van der Waals surface area contributed by atoms with E-state index in [1.165, 1.54) is 13.8 Å². The molecule has 0 heterocycles. The second-order valence-electron chi connectivity index (χ2n) is 5.32. The van der Waals surface area contributed by atoms with Crippen LogP contribution in [0.3, 0.4) is 0 Å². The number of carbonyl (C=O) groups excluding carboxylic acids is 2. The van der Waals surface area contributed by atoms with Crippen LogP contribution in [0.1, 0.15) is 42.4 Å². The largest absolute Gasteiger partial charge is 0.533 e. The van der Waals surface area contributed by atoms with Crippen LogP contribution in [0.15, 0.2) is 18.2 Å². The lowest BCUT2D eigenvalue weighted by Gasteiger charge is -2.29. The molecule has 0 spiro atoms. The van der Waals surface area contributed by atoms with Crippen LogP contribution >= 0.6 is 0 Å². The van der Waals surface area contributed by atoms with E-state index in [1.54, 1.807) is 6.92 Å². The van der Waals surface area contributed by atoms with Gasteiger partial charge in [0.05, 0.1) is 13.2 Å². The molecule has 128 valence electrons. The van der Waals surface area contributed by atoms with Crippen LogP contribution in [-0.4, -0.2) is 23.7 Å². The summed E-state index contributed by atoms with van der Waals surface area (Å²) in [6.45, 7) is 3.62. The van der Waals surface area contributed by atoms with E-state index in [4.69, 9.17) is 7.58 Å². The predicted molar refractivity (Wildman–Crippen MR) is 79.1 cm³/mol. The molecule has 0 bridgehead atoms. The molecule has 1 aromatic rings. The van der Waals surface area contributed by atoms with Crippen molar-refractivity contribution in [2.75, 3.05) is 6.61 Å². The van der Waals surface area contributed by atoms with Gasteiger partial charge in [-0.05, 0) is 31.0 Å². The molecule has 0 aliphatic carbocycles. The molecule has 0 aliphatic heterocycles. The molecule has 0 aromatic heterocycles. The van der Waals surface area contributed by atoms with Crippen LogP contribution in [0, 0.1) is 17.0 Å². The molecule has 0 radical (unpaired) electrons. The fourth-order valence-electron chi connectivity index (χ4n) is 1.66. The van der Waals surface area contributed by atoms with Crippen molar-refractivity contribution < 1.29 is 30.7 Å². The monoisotopic (exact) mass is 331 g/mol. The van der Waals surface area contributed by atoms with Gasteiger partial charge < -0.3 is 9.57 Å². The summed E-state index contributed by atoms with van der Waals surface area (Å²) in [6, 6.07) is 2.66. The first-order chi connectivity index (χ1) is 11.6. The van der Waals surface area contributed by atoms with Gasteiger partial charge in [-0.2, -0.15) is 5.06 Å². The zero-order valence-corrected chi connectivity index (χ0v) is 13.3. The van der Waals surface area contributed by atoms with Gasteiger partial charge in [0.2, 0.25) is 0 Å². The Balaban J connectivity index is 3.11. The summed E-state index contributed by atoms with van der Waals surface area (Å²) in [5.74, 6) is -2.47. The molecule has 0 N–H and O–H groups in total.